The van der Waals surface area contributed by atoms with E-state index in [1.165, 1.54) is 83.5 Å². The molecule has 3 aliphatic carbocycles. The third-order valence-corrected chi connectivity index (χ3v) is 10.8. The van der Waals surface area contributed by atoms with Gasteiger partial charge in [-0.1, -0.05) is 54.4 Å². The summed E-state index contributed by atoms with van der Waals surface area (Å²) < 4.78 is 0. The third-order valence-electron chi connectivity index (χ3n) is 10.8. The lowest BCUT2D eigenvalue weighted by atomic mass is 9.68. The van der Waals surface area contributed by atoms with E-state index in [-0.39, 0.29) is 0 Å². The Bertz CT molecular complexity index is 579. The first-order valence-corrected chi connectivity index (χ1v) is 15.6. The Balaban J connectivity index is 1.42. The maximum atomic E-state index is 4.35. The lowest BCUT2D eigenvalue weighted by Crippen LogP contribution is -2.65. The van der Waals surface area contributed by atoms with Crippen LogP contribution in [-0.4, -0.2) is 36.3 Å². The Morgan fingerprint density at radius 1 is 0.765 bits per heavy atom. The van der Waals surface area contributed by atoms with Crippen LogP contribution in [0.15, 0.2) is 0 Å². The molecule has 0 amide bonds. The molecule has 0 aromatic rings. The normalized spacial score (nSPS) is 42.5. The summed E-state index contributed by atoms with van der Waals surface area (Å²) in [5.41, 5.74) is 0. The molecule has 4 fully saturated rings. The van der Waals surface area contributed by atoms with E-state index in [9.17, 15) is 0 Å². The molecule has 4 aliphatic rings. The minimum Gasteiger partial charge on any atom is -0.310 e. The summed E-state index contributed by atoms with van der Waals surface area (Å²) in [6, 6.07) is 4.10. The molecule has 1 aliphatic heterocycles. The van der Waals surface area contributed by atoms with Gasteiger partial charge in [-0.05, 0) is 106 Å². The van der Waals surface area contributed by atoms with Gasteiger partial charge in [-0.15, -0.1) is 0 Å². The lowest BCUT2D eigenvalue weighted by Gasteiger charge is -2.50. The molecule has 198 valence electrons. The molecule has 3 heteroatoms. The van der Waals surface area contributed by atoms with Crippen LogP contribution in [0.3, 0.4) is 0 Å². The first-order chi connectivity index (χ1) is 16.4. The Kier molecular flexibility index (Phi) is 9.83. The summed E-state index contributed by atoms with van der Waals surface area (Å²) in [6.07, 6.45) is 18.2. The number of hydrogen-bond donors (Lipinski definition) is 3. The van der Waals surface area contributed by atoms with Crippen LogP contribution in [0.2, 0.25) is 0 Å². The van der Waals surface area contributed by atoms with Crippen molar-refractivity contribution in [1.29, 1.82) is 0 Å². The second kappa shape index (κ2) is 12.4. The van der Waals surface area contributed by atoms with Gasteiger partial charge in [-0.25, -0.2) is 0 Å². The highest BCUT2D eigenvalue weighted by Crippen LogP contribution is 2.39. The summed E-state index contributed by atoms with van der Waals surface area (Å²) in [4.78, 5) is 0. The largest absolute Gasteiger partial charge is 0.310 e. The van der Waals surface area contributed by atoms with Gasteiger partial charge in [-0.3, -0.25) is 0 Å². The van der Waals surface area contributed by atoms with Crippen LogP contribution < -0.4 is 16.0 Å². The molecule has 7 atom stereocenters. The van der Waals surface area contributed by atoms with Crippen molar-refractivity contribution < 1.29 is 0 Å². The van der Waals surface area contributed by atoms with Gasteiger partial charge in [0.15, 0.2) is 0 Å². The first-order valence-electron chi connectivity index (χ1n) is 15.6. The number of nitrogens with one attached hydrogen (secondary N) is 3. The number of fused-ring (bicyclic) bond motifs is 1. The average molecular weight is 474 g/mol. The van der Waals surface area contributed by atoms with Crippen LogP contribution >= 0.6 is 0 Å². The van der Waals surface area contributed by atoms with E-state index in [1.807, 2.05) is 0 Å². The van der Waals surface area contributed by atoms with Gasteiger partial charge < -0.3 is 16.0 Å². The molecule has 0 spiro atoms. The van der Waals surface area contributed by atoms with Crippen molar-refractivity contribution in [3.63, 3.8) is 0 Å². The molecule has 3 nitrogen and oxygen atoms in total. The van der Waals surface area contributed by atoms with Crippen molar-refractivity contribution >= 4 is 0 Å². The van der Waals surface area contributed by atoms with Gasteiger partial charge in [0.2, 0.25) is 0 Å². The minimum atomic E-state index is 0.615. The molecule has 3 N–H and O–H groups in total. The van der Waals surface area contributed by atoms with Crippen molar-refractivity contribution in [2.45, 2.75) is 161 Å². The maximum Gasteiger partial charge on any atom is 0.0252 e. The SMILES string of the molecule is CCC(NC1C(C(C)C)CCCC1C(C)C)C1CCC2CCCC(NC3CCC(C)CC3)C2N1. The molecule has 0 aromatic carbocycles. The van der Waals surface area contributed by atoms with Gasteiger partial charge in [0.1, 0.15) is 0 Å². The Morgan fingerprint density at radius 3 is 2.03 bits per heavy atom. The zero-order valence-electron chi connectivity index (χ0n) is 23.6. The van der Waals surface area contributed by atoms with Crippen LogP contribution in [0.5, 0.6) is 0 Å². The van der Waals surface area contributed by atoms with Crippen molar-refractivity contribution in [3.8, 4) is 0 Å². The van der Waals surface area contributed by atoms with E-state index >= 15 is 0 Å². The molecular weight excluding hydrogens is 414 g/mol. The van der Waals surface area contributed by atoms with Crippen LogP contribution in [0.25, 0.3) is 0 Å². The highest BCUT2D eigenvalue weighted by Gasteiger charge is 2.42. The van der Waals surface area contributed by atoms with E-state index in [0.29, 0.717) is 30.2 Å². The summed E-state index contributed by atoms with van der Waals surface area (Å²) in [6.45, 7) is 14.8. The predicted molar refractivity (Wildman–Crippen MR) is 147 cm³/mol. The summed E-state index contributed by atoms with van der Waals surface area (Å²) in [5, 5.41) is 12.9. The molecule has 0 bridgehead atoms. The van der Waals surface area contributed by atoms with Gasteiger partial charge >= 0.3 is 0 Å². The van der Waals surface area contributed by atoms with E-state index < -0.39 is 0 Å². The van der Waals surface area contributed by atoms with Gasteiger partial charge in [0, 0.05) is 36.3 Å². The average Bonchev–Trinajstić information content (AvgIpc) is 2.83. The monoisotopic (exact) mass is 473 g/mol. The zero-order valence-corrected chi connectivity index (χ0v) is 23.6. The van der Waals surface area contributed by atoms with Crippen LogP contribution in [0.1, 0.15) is 125 Å². The topological polar surface area (TPSA) is 36.1 Å². The number of rotatable bonds is 8. The Labute approximate surface area is 212 Å². The van der Waals surface area contributed by atoms with Crippen LogP contribution in [0, 0.1) is 35.5 Å². The van der Waals surface area contributed by atoms with Crippen molar-refractivity contribution in [3.05, 3.63) is 0 Å². The van der Waals surface area contributed by atoms with Crippen molar-refractivity contribution in [2.75, 3.05) is 0 Å². The summed E-state index contributed by atoms with van der Waals surface area (Å²) in [7, 11) is 0. The highest BCUT2D eigenvalue weighted by atomic mass is 15.1. The van der Waals surface area contributed by atoms with E-state index in [0.717, 1.165) is 41.5 Å². The molecule has 7 unspecified atom stereocenters. The Morgan fingerprint density at radius 2 is 1.41 bits per heavy atom. The van der Waals surface area contributed by atoms with E-state index in [1.54, 1.807) is 0 Å². The number of piperidine rings is 1. The minimum absolute atomic E-state index is 0.615. The summed E-state index contributed by atoms with van der Waals surface area (Å²) >= 11 is 0. The van der Waals surface area contributed by atoms with Gasteiger partial charge in [-0.2, -0.15) is 0 Å². The second-order valence-corrected chi connectivity index (χ2v) is 13.8. The molecule has 1 heterocycles. The maximum absolute atomic E-state index is 4.35. The lowest BCUT2D eigenvalue weighted by molar-refractivity contribution is 0.0760. The smallest absolute Gasteiger partial charge is 0.0252 e. The molecule has 1 saturated heterocycles. The van der Waals surface area contributed by atoms with E-state index in [4.69, 9.17) is 0 Å². The second-order valence-electron chi connectivity index (χ2n) is 13.8. The van der Waals surface area contributed by atoms with Gasteiger partial charge in [0.25, 0.3) is 0 Å². The standard InChI is InChI=1S/C31H59N3/c1-7-27(33-31-25(20(2)3)11-9-12-26(31)21(4)5)28-19-16-23-10-8-13-29(30(23)34-28)32-24-17-14-22(6)15-18-24/h20-34H,7-19H2,1-6H3. The zero-order chi connectivity index (χ0) is 24.2. The van der Waals surface area contributed by atoms with Crippen LogP contribution in [0.4, 0.5) is 0 Å². The molecule has 4 rings (SSSR count). The molecular formula is C31H59N3. The fourth-order valence-electron chi connectivity index (χ4n) is 8.60. The van der Waals surface area contributed by atoms with E-state index in [2.05, 4.69) is 57.5 Å². The van der Waals surface area contributed by atoms with Crippen molar-refractivity contribution in [2.24, 2.45) is 35.5 Å². The molecule has 34 heavy (non-hydrogen) atoms. The number of hydrogen-bond acceptors (Lipinski definition) is 3. The molecule has 0 aromatic heterocycles. The van der Waals surface area contributed by atoms with Crippen molar-refractivity contribution in [1.82, 2.24) is 16.0 Å². The fraction of sp³-hybridized carbons (Fsp3) is 1.00. The van der Waals surface area contributed by atoms with Gasteiger partial charge in [0.05, 0.1) is 0 Å². The Hall–Kier alpha value is -0.120. The third kappa shape index (κ3) is 6.41. The highest BCUT2D eigenvalue weighted by molar-refractivity contribution is 5.02. The molecule has 0 radical (unpaired) electrons. The molecule has 3 saturated carbocycles. The first kappa shape index (κ1) is 26.9. The quantitative estimate of drug-likeness (QED) is 0.358. The fourth-order valence-corrected chi connectivity index (χ4v) is 8.60. The summed E-state index contributed by atoms with van der Waals surface area (Å²) in [5.74, 6) is 5.07. The van der Waals surface area contributed by atoms with Crippen LogP contribution in [-0.2, 0) is 0 Å². The predicted octanol–water partition coefficient (Wildman–Crippen LogP) is 6.91.